The molecule has 1 spiro atoms. The summed E-state index contributed by atoms with van der Waals surface area (Å²) >= 11 is 0. The second-order valence-corrected chi connectivity index (χ2v) is 8.03. The first kappa shape index (κ1) is 18.3. The first-order valence-corrected chi connectivity index (χ1v) is 9.36. The summed E-state index contributed by atoms with van der Waals surface area (Å²) in [4.78, 5) is 17.2. The highest BCUT2D eigenvalue weighted by Crippen LogP contribution is 2.40. The monoisotopic (exact) mass is 350 g/mol. The van der Waals surface area contributed by atoms with Crippen LogP contribution in [-0.2, 0) is 11.3 Å². The molecule has 3 nitrogen and oxygen atoms in total. The van der Waals surface area contributed by atoms with Crippen molar-refractivity contribution >= 4 is 5.91 Å². The molecule has 2 heterocycles. The molecule has 0 aliphatic carbocycles. The van der Waals surface area contributed by atoms with Crippen molar-refractivity contribution in [2.24, 2.45) is 11.3 Å². The molecule has 1 aromatic carbocycles. The van der Waals surface area contributed by atoms with Gasteiger partial charge in [-0.15, -0.1) is 0 Å². The maximum atomic E-state index is 14.0. The summed E-state index contributed by atoms with van der Waals surface area (Å²) in [6.45, 7) is 8.02. The topological polar surface area (TPSA) is 23.6 Å². The molecule has 2 saturated heterocycles. The molecule has 1 amide bonds. The van der Waals surface area contributed by atoms with E-state index in [9.17, 15) is 13.6 Å². The van der Waals surface area contributed by atoms with Crippen LogP contribution in [0.5, 0.6) is 0 Å². The van der Waals surface area contributed by atoms with Gasteiger partial charge in [-0.05, 0) is 50.8 Å². The number of likely N-dealkylation sites (tertiary alicyclic amines) is 2. The lowest BCUT2D eigenvalue weighted by atomic mass is 9.78. The number of nitrogens with zero attached hydrogens (tertiary/aromatic N) is 2. The minimum absolute atomic E-state index is 0.120. The van der Waals surface area contributed by atoms with E-state index in [1.807, 2.05) is 0 Å². The molecule has 138 valence electrons. The third kappa shape index (κ3) is 3.86. The smallest absolute Gasteiger partial charge is 0.230 e. The Hall–Kier alpha value is -1.49. The molecule has 0 radical (unpaired) electrons. The maximum Gasteiger partial charge on any atom is 0.230 e. The van der Waals surface area contributed by atoms with Gasteiger partial charge in [-0.1, -0.05) is 26.0 Å². The van der Waals surface area contributed by atoms with Crippen molar-refractivity contribution in [1.82, 2.24) is 9.80 Å². The van der Waals surface area contributed by atoms with Gasteiger partial charge in [-0.3, -0.25) is 4.79 Å². The van der Waals surface area contributed by atoms with E-state index in [4.69, 9.17) is 0 Å². The number of hydrogen-bond donors (Lipinski definition) is 0. The van der Waals surface area contributed by atoms with Crippen LogP contribution < -0.4 is 0 Å². The number of amides is 1. The highest BCUT2D eigenvalue weighted by molar-refractivity contribution is 5.84. The van der Waals surface area contributed by atoms with E-state index in [0.717, 1.165) is 51.4 Å². The van der Waals surface area contributed by atoms with Crippen LogP contribution in [0.25, 0.3) is 0 Å². The number of hydrogen-bond acceptors (Lipinski definition) is 2. The fourth-order valence-electron chi connectivity index (χ4n) is 4.15. The molecule has 0 aromatic heterocycles. The molecule has 2 aliphatic heterocycles. The van der Waals surface area contributed by atoms with Crippen molar-refractivity contribution in [2.45, 2.75) is 46.1 Å². The maximum absolute atomic E-state index is 14.0. The normalized spacial score (nSPS) is 24.7. The van der Waals surface area contributed by atoms with Crippen LogP contribution in [0.2, 0.25) is 0 Å². The molecule has 1 aromatic rings. The Labute approximate surface area is 149 Å². The molecule has 2 aliphatic rings. The molecule has 0 bridgehead atoms. The highest BCUT2D eigenvalue weighted by atomic mass is 19.2. The second kappa shape index (κ2) is 7.40. The zero-order valence-corrected chi connectivity index (χ0v) is 15.2. The summed E-state index contributed by atoms with van der Waals surface area (Å²) < 4.78 is 27.4. The highest BCUT2D eigenvalue weighted by Gasteiger charge is 2.48. The van der Waals surface area contributed by atoms with Gasteiger partial charge in [0.05, 0.1) is 5.41 Å². The Kier molecular flexibility index (Phi) is 5.42. The molecule has 3 rings (SSSR count). The summed E-state index contributed by atoms with van der Waals surface area (Å²) in [5.74, 6) is -0.905. The van der Waals surface area contributed by atoms with Gasteiger partial charge in [-0.2, -0.15) is 0 Å². The molecule has 0 saturated carbocycles. The lowest BCUT2D eigenvalue weighted by Crippen LogP contribution is -2.49. The lowest BCUT2D eigenvalue weighted by molar-refractivity contribution is -0.146. The van der Waals surface area contributed by atoms with Crippen molar-refractivity contribution in [1.29, 1.82) is 0 Å². The quantitative estimate of drug-likeness (QED) is 0.806. The van der Waals surface area contributed by atoms with Gasteiger partial charge in [0.1, 0.15) is 0 Å². The Bertz CT molecular complexity index is 634. The summed E-state index contributed by atoms with van der Waals surface area (Å²) in [7, 11) is 0. The average Bonchev–Trinajstić information content (AvgIpc) is 2.98. The predicted octanol–water partition coefficient (Wildman–Crippen LogP) is 3.83. The minimum atomic E-state index is -0.850. The zero-order valence-electron chi connectivity index (χ0n) is 15.2. The Balaban J connectivity index is 1.68. The van der Waals surface area contributed by atoms with Crippen molar-refractivity contribution in [3.05, 3.63) is 35.4 Å². The molecular weight excluding hydrogens is 322 g/mol. The number of benzene rings is 1. The largest absolute Gasteiger partial charge is 0.338 e. The van der Waals surface area contributed by atoms with Gasteiger partial charge in [0.25, 0.3) is 0 Å². The molecule has 0 N–H and O–H groups in total. The van der Waals surface area contributed by atoms with E-state index >= 15 is 0 Å². The van der Waals surface area contributed by atoms with Gasteiger partial charge in [0, 0.05) is 25.2 Å². The summed E-state index contributed by atoms with van der Waals surface area (Å²) in [6.07, 6.45) is 3.86. The Morgan fingerprint density at radius 1 is 1.20 bits per heavy atom. The SMILES string of the molecule is CC(C)CCN1CC[C@]2(CCCN(Cc3cccc(F)c3F)C2=O)C1. The van der Waals surface area contributed by atoms with E-state index in [0.29, 0.717) is 12.5 Å². The van der Waals surface area contributed by atoms with E-state index in [2.05, 4.69) is 18.7 Å². The number of carbonyl (C=O) groups excluding carboxylic acids is 1. The van der Waals surface area contributed by atoms with Gasteiger partial charge < -0.3 is 9.80 Å². The van der Waals surface area contributed by atoms with Crippen molar-refractivity contribution in [3.63, 3.8) is 0 Å². The third-order valence-corrected chi connectivity index (χ3v) is 5.67. The zero-order chi connectivity index (χ0) is 18.0. The standard InChI is InChI=1S/C20H28F2N2O/c1-15(2)7-11-23-12-9-20(14-23)8-4-10-24(19(20)25)13-16-5-3-6-17(21)18(16)22/h3,5-6,15H,4,7-14H2,1-2H3/t20-/m1/s1. The minimum Gasteiger partial charge on any atom is -0.338 e. The van der Waals surface area contributed by atoms with E-state index < -0.39 is 11.6 Å². The van der Waals surface area contributed by atoms with Gasteiger partial charge in [0.2, 0.25) is 5.91 Å². The number of rotatable bonds is 5. The van der Waals surface area contributed by atoms with Crippen LogP contribution in [-0.4, -0.2) is 41.9 Å². The fourth-order valence-corrected chi connectivity index (χ4v) is 4.15. The average molecular weight is 350 g/mol. The van der Waals surface area contributed by atoms with E-state index in [1.54, 1.807) is 11.0 Å². The van der Waals surface area contributed by atoms with Crippen LogP contribution in [0.3, 0.4) is 0 Å². The van der Waals surface area contributed by atoms with Gasteiger partial charge in [0.15, 0.2) is 11.6 Å². The molecule has 25 heavy (non-hydrogen) atoms. The first-order valence-electron chi connectivity index (χ1n) is 9.36. The summed E-state index contributed by atoms with van der Waals surface area (Å²) in [6, 6.07) is 4.18. The fraction of sp³-hybridized carbons (Fsp3) is 0.650. The van der Waals surface area contributed by atoms with Crippen LogP contribution in [0.1, 0.15) is 45.1 Å². The third-order valence-electron chi connectivity index (χ3n) is 5.67. The summed E-state index contributed by atoms with van der Waals surface area (Å²) in [5, 5.41) is 0. The van der Waals surface area contributed by atoms with Crippen molar-refractivity contribution < 1.29 is 13.6 Å². The second-order valence-electron chi connectivity index (χ2n) is 8.03. The van der Waals surface area contributed by atoms with Crippen molar-refractivity contribution in [3.8, 4) is 0 Å². The Morgan fingerprint density at radius 2 is 2.00 bits per heavy atom. The van der Waals surface area contributed by atoms with Crippen LogP contribution >= 0.6 is 0 Å². The van der Waals surface area contributed by atoms with E-state index in [1.165, 1.54) is 6.07 Å². The van der Waals surface area contributed by atoms with Crippen molar-refractivity contribution in [2.75, 3.05) is 26.2 Å². The van der Waals surface area contributed by atoms with Gasteiger partial charge >= 0.3 is 0 Å². The Morgan fingerprint density at radius 3 is 2.76 bits per heavy atom. The van der Waals surface area contributed by atoms with Gasteiger partial charge in [-0.25, -0.2) is 8.78 Å². The molecular formula is C20H28F2N2O. The van der Waals surface area contributed by atoms with Crippen LogP contribution in [0.4, 0.5) is 8.78 Å². The molecule has 5 heteroatoms. The van der Waals surface area contributed by atoms with E-state index in [-0.39, 0.29) is 23.4 Å². The predicted molar refractivity (Wildman–Crippen MR) is 94.0 cm³/mol. The molecule has 1 atom stereocenters. The first-order chi connectivity index (χ1) is 11.9. The molecule has 2 fully saturated rings. The van der Waals surface area contributed by atoms with Crippen LogP contribution in [0, 0.1) is 23.0 Å². The number of carbonyl (C=O) groups is 1. The lowest BCUT2D eigenvalue weighted by Gasteiger charge is -2.39. The summed E-state index contributed by atoms with van der Waals surface area (Å²) in [5.41, 5.74) is -0.0565. The number of halogens is 2. The number of piperidine rings is 1. The molecule has 0 unspecified atom stereocenters. The van der Waals surface area contributed by atoms with Crippen LogP contribution in [0.15, 0.2) is 18.2 Å².